The molecule has 0 amide bonds. The summed E-state index contributed by atoms with van der Waals surface area (Å²) in [5.74, 6) is 2.68. The summed E-state index contributed by atoms with van der Waals surface area (Å²) in [6.07, 6.45) is 6.82. The topological polar surface area (TPSA) is 0 Å². The summed E-state index contributed by atoms with van der Waals surface area (Å²) >= 11 is 0. The molecule has 0 nitrogen and oxygen atoms in total. The molecule has 0 spiro atoms. The zero-order chi connectivity index (χ0) is 14.8. The lowest BCUT2D eigenvalue weighted by Gasteiger charge is -2.49. The first-order valence-electron chi connectivity index (χ1n) is 8.50. The van der Waals surface area contributed by atoms with Gasteiger partial charge in [0.15, 0.2) is 0 Å². The van der Waals surface area contributed by atoms with Gasteiger partial charge in [0.1, 0.15) is 0 Å². The largest absolute Gasteiger partial charge is 0.0651 e. The van der Waals surface area contributed by atoms with Gasteiger partial charge < -0.3 is 0 Å². The Morgan fingerprint density at radius 1 is 1.10 bits per heavy atom. The average molecular weight is 272 g/mol. The van der Waals surface area contributed by atoms with Gasteiger partial charge in [-0.3, -0.25) is 0 Å². The number of hydrogen-bond acceptors (Lipinski definition) is 0. The van der Waals surface area contributed by atoms with Crippen LogP contribution in [-0.4, -0.2) is 0 Å². The summed E-state index contributed by atoms with van der Waals surface area (Å²) < 4.78 is 0. The fourth-order valence-electron chi connectivity index (χ4n) is 4.54. The van der Waals surface area contributed by atoms with Gasteiger partial charge in [-0.1, -0.05) is 70.4 Å². The second-order valence-electron chi connectivity index (χ2n) is 7.61. The van der Waals surface area contributed by atoms with Gasteiger partial charge in [-0.2, -0.15) is 0 Å². The van der Waals surface area contributed by atoms with Gasteiger partial charge in [-0.25, -0.2) is 0 Å². The van der Waals surface area contributed by atoms with Crippen molar-refractivity contribution in [2.24, 2.45) is 23.2 Å². The van der Waals surface area contributed by atoms with Crippen molar-refractivity contribution in [3.63, 3.8) is 0 Å². The van der Waals surface area contributed by atoms with Gasteiger partial charge >= 0.3 is 0 Å². The van der Waals surface area contributed by atoms with Crippen LogP contribution in [0.25, 0.3) is 0 Å². The van der Waals surface area contributed by atoms with E-state index in [2.05, 4.69) is 58.9 Å². The van der Waals surface area contributed by atoms with Crippen LogP contribution in [0, 0.1) is 30.1 Å². The molecule has 112 valence electrons. The Hall–Kier alpha value is -0.780. The van der Waals surface area contributed by atoms with Crippen LogP contribution in [0.5, 0.6) is 0 Å². The van der Waals surface area contributed by atoms with Gasteiger partial charge in [0.2, 0.25) is 0 Å². The molecule has 0 radical (unpaired) electrons. The van der Waals surface area contributed by atoms with Crippen LogP contribution in [0.1, 0.15) is 64.5 Å². The minimum atomic E-state index is 0.511. The molecule has 0 aliphatic heterocycles. The highest BCUT2D eigenvalue weighted by molar-refractivity contribution is 5.21. The molecule has 20 heavy (non-hydrogen) atoms. The van der Waals surface area contributed by atoms with Gasteiger partial charge in [0.05, 0.1) is 0 Å². The molecule has 0 N–H and O–H groups in total. The monoisotopic (exact) mass is 272 g/mol. The smallest absolute Gasteiger partial charge is 0.0276 e. The van der Waals surface area contributed by atoms with Crippen molar-refractivity contribution >= 4 is 0 Å². The van der Waals surface area contributed by atoms with E-state index in [1.807, 2.05) is 0 Å². The van der Waals surface area contributed by atoms with Gasteiger partial charge in [-0.05, 0) is 54.9 Å². The minimum absolute atomic E-state index is 0.511. The van der Waals surface area contributed by atoms with Crippen molar-refractivity contribution in [3.8, 4) is 0 Å². The minimum Gasteiger partial charge on any atom is -0.0651 e. The number of aryl methyl sites for hydroxylation is 2. The standard InChI is InChI=1S/C20H32/c1-6-18-13-9-16(3)19(20(18,4)5)14-12-17-10-7-15(2)8-11-17/h7-8,10-11,16,18-19H,6,9,12-14H2,1-5H3. The molecule has 0 saturated heterocycles. The van der Waals surface area contributed by atoms with E-state index in [-0.39, 0.29) is 0 Å². The third kappa shape index (κ3) is 3.27. The molecule has 1 saturated carbocycles. The molecular weight excluding hydrogens is 240 g/mol. The zero-order valence-electron chi connectivity index (χ0n) is 14.1. The normalized spacial score (nSPS) is 29.4. The summed E-state index contributed by atoms with van der Waals surface area (Å²) in [6, 6.07) is 9.12. The second kappa shape index (κ2) is 6.33. The van der Waals surface area contributed by atoms with Crippen LogP contribution >= 0.6 is 0 Å². The molecule has 0 aromatic heterocycles. The number of benzene rings is 1. The van der Waals surface area contributed by atoms with E-state index in [4.69, 9.17) is 0 Å². The Labute approximate surface area is 126 Å². The fourth-order valence-corrected chi connectivity index (χ4v) is 4.54. The van der Waals surface area contributed by atoms with Crippen molar-refractivity contribution in [2.75, 3.05) is 0 Å². The molecule has 0 bridgehead atoms. The molecule has 2 rings (SSSR count). The van der Waals surface area contributed by atoms with E-state index in [1.165, 1.54) is 43.2 Å². The van der Waals surface area contributed by atoms with Crippen molar-refractivity contribution in [3.05, 3.63) is 35.4 Å². The second-order valence-corrected chi connectivity index (χ2v) is 7.61. The first-order valence-corrected chi connectivity index (χ1v) is 8.50. The van der Waals surface area contributed by atoms with Crippen LogP contribution in [0.3, 0.4) is 0 Å². The van der Waals surface area contributed by atoms with Crippen molar-refractivity contribution in [1.82, 2.24) is 0 Å². The maximum absolute atomic E-state index is 2.52. The molecule has 0 heteroatoms. The maximum atomic E-state index is 2.52. The third-order valence-electron chi connectivity index (χ3n) is 6.02. The lowest BCUT2D eigenvalue weighted by Crippen LogP contribution is -2.40. The predicted molar refractivity (Wildman–Crippen MR) is 89.0 cm³/mol. The summed E-state index contributed by atoms with van der Waals surface area (Å²) in [6.45, 7) is 12.1. The van der Waals surface area contributed by atoms with Crippen molar-refractivity contribution in [2.45, 2.75) is 66.7 Å². The highest BCUT2D eigenvalue weighted by Crippen LogP contribution is 2.50. The molecule has 1 aromatic carbocycles. The lowest BCUT2D eigenvalue weighted by atomic mass is 9.57. The highest BCUT2D eigenvalue weighted by atomic mass is 14.5. The third-order valence-corrected chi connectivity index (χ3v) is 6.02. The van der Waals surface area contributed by atoms with E-state index in [1.54, 1.807) is 0 Å². The van der Waals surface area contributed by atoms with E-state index in [9.17, 15) is 0 Å². The maximum Gasteiger partial charge on any atom is -0.0276 e. The van der Waals surface area contributed by atoms with Crippen LogP contribution in [0.2, 0.25) is 0 Å². The molecule has 1 aliphatic carbocycles. The van der Waals surface area contributed by atoms with Crippen LogP contribution in [0.4, 0.5) is 0 Å². The Bertz CT molecular complexity index is 412. The van der Waals surface area contributed by atoms with Gasteiger partial charge in [0.25, 0.3) is 0 Å². The summed E-state index contributed by atoms with van der Waals surface area (Å²) in [5, 5.41) is 0. The Kier molecular flexibility index (Phi) is 4.94. The highest BCUT2D eigenvalue weighted by Gasteiger charge is 2.42. The molecule has 1 aliphatic rings. The summed E-state index contributed by atoms with van der Waals surface area (Å²) in [4.78, 5) is 0. The average Bonchev–Trinajstić information content (AvgIpc) is 2.40. The number of hydrogen-bond donors (Lipinski definition) is 0. The first-order chi connectivity index (χ1) is 9.45. The van der Waals surface area contributed by atoms with Gasteiger partial charge in [-0.15, -0.1) is 0 Å². The molecule has 3 unspecified atom stereocenters. The Morgan fingerprint density at radius 2 is 1.75 bits per heavy atom. The van der Waals surface area contributed by atoms with Crippen molar-refractivity contribution in [1.29, 1.82) is 0 Å². The van der Waals surface area contributed by atoms with E-state index in [0.29, 0.717) is 5.41 Å². The van der Waals surface area contributed by atoms with Crippen LogP contribution < -0.4 is 0 Å². The van der Waals surface area contributed by atoms with Gasteiger partial charge in [0, 0.05) is 0 Å². The summed E-state index contributed by atoms with van der Waals surface area (Å²) in [7, 11) is 0. The SMILES string of the molecule is CCC1CCC(C)C(CCc2ccc(C)cc2)C1(C)C. The zero-order valence-corrected chi connectivity index (χ0v) is 14.1. The molecular formula is C20H32. The van der Waals surface area contributed by atoms with Crippen LogP contribution in [-0.2, 0) is 6.42 Å². The quantitative estimate of drug-likeness (QED) is 0.628. The van der Waals surface area contributed by atoms with Crippen molar-refractivity contribution < 1.29 is 0 Å². The number of rotatable bonds is 4. The molecule has 1 fully saturated rings. The molecule has 3 atom stereocenters. The van der Waals surface area contributed by atoms with E-state index in [0.717, 1.165) is 17.8 Å². The lowest BCUT2D eigenvalue weighted by molar-refractivity contribution is 0.0116. The molecule has 1 aromatic rings. The summed E-state index contributed by atoms with van der Waals surface area (Å²) in [5.41, 5.74) is 3.39. The fraction of sp³-hybridized carbons (Fsp3) is 0.700. The Morgan fingerprint density at radius 3 is 2.35 bits per heavy atom. The first kappa shape index (κ1) is 15.6. The Balaban J connectivity index is 2.04. The van der Waals surface area contributed by atoms with E-state index >= 15 is 0 Å². The van der Waals surface area contributed by atoms with E-state index < -0.39 is 0 Å². The molecule has 0 heterocycles. The van der Waals surface area contributed by atoms with Crippen LogP contribution in [0.15, 0.2) is 24.3 Å². The predicted octanol–water partition coefficient (Wildman–Crippen LogP) is 6.03.